The fraction of sp³-hybridized carbons (Fsp3) is 0.750. The molecule has 0 aromatic heterocycles. The number of ether oxygens (including phenoxy) is 4. The first-order valence-corrected chi connectivity index (χ1v) is 11.0. The SMILES string of the molecule is COC(=O)C1(C(=O)OC)CC[C@@]2(C)[C@H](C=C[C@@]3(C)CC(C(=O)OC)(C(=O)OC)CC[C@H]23)C1. The van der Waals surface area contributed by atoms with Crippen LogP contribution in [0.15, 0.2) is 12.2 Å². The van der Waals surface area contributed by atoms with Gasteiger partial charge in [0.1, 0.15) is 0 Å². The molecular formula is C24H34O8. The number of hydrogen-bond donors (Lipinski definition) is 0. The molecule has 3 rings (SSSR count). The Labute approximate surface area is 189 Å². The highest BCUT2D eigenvalue weighted by molar-refractivity contribution is 6.01. The maximum Gasteiger partial charge on any atom is 0.323 e. The number of carbonyl (C=O) groups excluding carboxylic acids is 4. The first kappa shape index (κ1) is 24.3. The summed E-state index contributed by atoms with van der Waals surface area (Å²) in [4.78, 5) is 50.8. The quantitative estimate of drug-likeness (QED) is 0.279. The van der Waals surface area contributed by atoms with E-state index >= 15 is 0 Å². The number of hydrogen-bond acceptors (Lipinski definition) is 8. The molecule has 2 fully saturated rings. The van der Waals surface area contributed by atoms with Gasteiger partial charge < -0.3 is 18.9 Å². The number of esters is 4. The summed E-state index contributed by atoms with van der Waals surface area (Å²) in [6.45, 7) is 4.25. The van der Waals surface area contributed by atoms with Gasteiger partial charge in [-0.25, -0.2) is 0 Å². The summed E-state index contributed by atoms with van der Waals surface area (Å²) in [6.07, 6.45) is 6.61. The van der Waals surface area contributed by atoms with Gasteiger partial charge in [0.2, 0.25) is 0 Å². The van der Waals surface area contributed by atoms with Crippen molar-refractivity contribution in [3.63, 3.8) is 0 Å². The van der Waals surface area contributed by atoms with Gasteiger partial charge in [0, 0.05) is 0 Å². The predicted molar refractivity (Wildman–Crippen MR) is 113 cm³/mol. The van der Waals surface area contributed by atoms with Crippen LogP contribution in [0.4, 0.5) is 0 Å². The van der Waals surface area contributed by atoms with E-state index in [4.69, 9.17) is 18.9 Å². The summed E-state index contributed by atoms with van der Waals surface area (Å²) in [5, 5.41) is 0. The van der Waals surface area contributed by atoms with Gasteiger partial charge in [-0.1, -0.05) is 26.0 Å². The lowest BCUT2D eigenvalue weighted by molar-refractivity contribution is -0.187. The number of fused-ring (bicyclic) bond motifs is 3. The third kappa shape index (κ3) is 3.25. The lowest BCUT2D eigenvalue weighted by atomic mass is 9.43. The van der Waals surface area contributed by atoms with Gasteiger partial charge in [0.15, 0.2) is 10.8 Å². The third-order valence-electron chi connectivity index (χ3n) is 8.65. The zero-order chi connectivity index (χ0) is 23.9. The average Bonchev–Trinajstić information content (AvgIpc) is 2.80. The average molecular weight is 451 g/mol. The van der Waals surface area contributed by atoms with Crippen molar-refractivity contribution < 1.29 is 38.1 Å². The maximum atomic E-state index is 12.7. The maximum absolute atomic E-state index is 12.7. The molecule has 0 unspecified atom stereocenters. The minimum absolute atomic E-state index is 0.0451. The standard InChI is InChI=1S/C24H34O8/c1-21-9-7-15-13-23(17(25)29-3,18(26)30-4)12-11-22(15,2)16(21)8-10-24(14-21,19(27)31-5)20(28)32-6/h7,9,15-16H,8,10-14H2,1-6H3/t15-,16+,21+,22+/m1/s1. The van der Waals surface area contributed by atoms with Crippen LogP contribution in [-0.4, -0.2) is 52.3 Å². The van der Waals surface area contributed by atoms with E-state index in [0.717, 1.165) is 0 Å². The van der Waals surface area contributed by atoms with Gasteiger partial charge in [-0.2, -0.15) is 0 Å². The molecule has 32 heavy (non-hydrogen) atoms. The molecule has 8 nitrogen and oxygen atoms in total. The van der Waals surface area contributed by atoms with Crippen molar-refractivity contribution in [1.82, 2.24) is 0 Å². The molecule has 0 radical (unpaired) electrons. The molecule has 3 aliphatic carbocycles. The highest BCUT2D eigenvalue weighted by atomic mass is 16.6. The fourth-order valence-corrected chi connectivity index (χ4v) is 6.94. The summed E-state index contributed by atoms with van der Waals surface area (Å²) < 4.78 is 20.0. The highest BCUT2D eigenvalue weighted by Gasteiger charge is 2.65. The topological polar surface area (TPSA) is 105 Å². The van der Waals surface area contributed by atoms with Crippen molar-refractivity contribution in [2.75, 3.05) is 28.4 Å². The highest BCUT2D eigenvalue weighted by Crippen LogP contribution is 2.66. The lowest BCUT2D eigenvalue weighted by Gasteiger charge is -2.60. The molecular weight excluding hydrogens is 416 g/mol. The van der Waals surface area contributed by atoms with Crippen molar-refractivity contribution in [3.8, 4) is 0 Å². The van der Waals surface area contributed by atoms with E-state index in [1.165, 1.54) is 28.4 Å². The molecule has 0 aromatic rings. The van der Waals surface area contributed by atoms with Crippen molar-refractivity contribution in [1.29, 1.82) is 0 Å². The minimum atomic E-state index is -1.33. The van der Waals surface area contributed by atoms with E-state index < -0.39 is 40.1 Å². The van der Waals surface area contributed by atoms with Gasteiger partial charge in [-0.3, -0.25) is 19.2 Å². The van der Waals surface area contributed by atoms with Crippen molar-refractivity contribution in [2.45, 2.75) is 52.4 Å². The zero-order valence-electron chi connectivity index (χ0n) is 19.8. The molecule has 0 N–H and O–H groups in total. The van der Waals surface area contributed by atoms with E-state index in [1.807, 2.05) is 6.08 Å². The Kier molecular flexibility index (Phi) is 6.21. The first-order chi connectivity index (χ1) is 15.0. The molecule has 0 heterocycles. The minimum Gasteiger partial charge on any atom is -0.468 e. The number of rotatable bonds is 4. The Bertz CT molecular complexity index is 813. The van der Waals surface area contributed by atoms with E-state index in [-0.39, 0.29) is 17.3 Å². The third-order valence-corrected chi connectivity index (χ3v) is 8.65. The molecule has 0 aliphatic heterocycles. The number of methoxy groups -OCH3 is 4. The van der Waals surface area contributed by atoms with E-state index in [1.54, 1.807) is 0 Å². The van der Waals surface area contributed by atoms with Gasteiger partial charge in [0.05, 0.1) is 28.4 Å². The summed E-state index contributed by atoms with van der Waals surface area (Å²) in [5.41, 5.74) is -3.31. The van der Waals surface area contributed by atoms with Crippen LogP contribution >= 0.6 is 0 Å². The Morgan fingerprint density at radius 1 is 0.750 bits per heavy atom. The normalized spacial score (nSPS) is 34.3. The van der Waals surface area contributed by atoms with E-state index in [0.29, 0.717) is 38.5 Å². The fourth-order valence-electron chi connectivity index (χ4n) is 6.94. The predicted octanol–water partition coefficient (Wildman–Crippen LogP) is 2.83. The molecule has 3 aliphatic rings. The van der Waals surface area contributed by atoms with E-state index in [2.05, 4.69) is 19.9 Å². The van der Waals surface area contributed by atoms with Gasteiger partial charge >= 0.3 is 23.9 Å². The van der Waals surface area contributed by atoms with Crippen molar-refractivity contribution in [2.24, 2.45) is 33.5 Å². The van der Waals surface area contributed by atoms with Crippen LogP contribution in [0.2, 0.25) is 0 Å². The molecule has 178 valence electrons. The summed E-state index contributed by atoms with van der Waals surface area (Å²) in [6, 6.07) is 0. The van der Waals surface area contributed by atoms with Crippen molar-refractivity contribution in [3.05, 3.63) is 12.2 Å². The van der Waals surface area contributed by atoms with Gasteiger partial charge in [-0.15, -0.1) is 0 Å². The van der Waals surface area contributed by atoms with Gasteiger partial charge in [-0.05, 0) is 61.2 Å². The Hall–Kier alpha value is -2.38. The molecule has 0 amide bonds. The lowest BCUT2D eigenvalue weighted by Crippen LogP contribution is -2.59. The first-order valence-electron chi connectivity index (χ1n) is 11.0. The molecule has 0 aromatic carbocycles. The van der Waals surface area contributed by atoms with Crippen LogP contribution < -0.4 is 0 Å². The second kappa shape index (κ2) is 8.19. The Morgan fingerprint density at radius 3 is 1.75 bits per heavy atom. The molecule has 2 saturated carbocycles. The zero-order valence-corrected chi connectivity index (χ0v) is 19.8. The molecule has 0 saturated heterocycles. The molecule has 0 spiro atoms. The molecule has 8 heteroatoms. The van der Waals surface area contributed by atoms with Crippen molar-refractivity contribution >= 4 is 23.9 Å². The number of allylic oxidation sites excluding steroid dienone is 2. The monoisotopic (exact) mass is 450 g/mol. The van der Waals surface area contributed by atoms with Crippen LogP contribution in [0, 0.1) is 33.5 Å². The van der Waals surface area contributed by atoms with E-state index in [9.17, 15) is 19.2 Å². The molecule has 4 atom stereocenters. The summed E-state index contributed by atoms with van der Waals surface area (Å²) in [5.74, 6) is -2.15. The summed E-state index contributed by atoms with van der Waals surface area (Å²) in [7, 11) is 5.15. The summed E-state index contributed by atoms with van der Waals surface area (Å²) >= 11 is 0. The van der Waals surface area contributed by atoms with Gasteiger partial charge in [0.25, 0.3) is 0 Å². The smallest absolute Gasteiger partial charge is 0.323 e. The second-order valence-electron chi connectivity index (χ2n) is 10.1. The van der Waals surface area contributed by atoms with Crippen LogP contribution in [0.3, 0.4) is 0 Å². The second-order valence-corrected chi connectivity index (χ2v) is 10.1. The number of carbonyl (C=O) groups is 4. The van der Waals surface area contributed by atoms with Crippen LogP contribution in [-0.2, 0) is 38.1 Å². The van der Waals surface area contributed by atoms with Crippen LogP contribution in [0.5, 0.6) is 0 Å². The van der Waals surface area contributed by atoms with Crippen LogP contribution in [0.1, 0.15) is 52.4 Å². The molecule has 0 bridgehead atoms. The van der Waals surface area contributed by atoms with Crippen LogP contribution in [0.25, 0.3) is 0 Å². The largest absolute Gasteiger partial charge is 0.468 e. The Morgan fingerprint density at radius 2 is 1.25 bits per heavy atom. The Balaban J connectivity index is 2.00.